The van der Waals surface area contributed by atoms with E-state index in [9.17, 15) is 12.9 Å². The van der Waals surface area contributed by atoms with Crippen molar-refractivity contribution < 1.29 is 69.1 Å². The van der Waals surface area contributed by atoms with Gasteiger partial charge in [-0.25, -0.2) is 0 Å². The smallest absolute Gasteiger partial charge is 0.493 e. The second-order valence-corrected chi connectivity index (χ2v) is 5.33. The second kappa shape index (κ2) is 10.3. The average Bonchev–Trinajstić information content (AvgIpc) is 2.39. The zero-order chi connectivity index (χ0) is 15.2. The molecule has 0 N–H and O–H groups in total. The van der Waals surface area contributed by atoms with Crippen LogP contribution in [0.5, 0.6) is 5.75 Å². The molecule has 1 atom stereocenters. The predicted molar refractivity (Wildman–Crippen MR) is 78.7 cm³/mol. The molecule has 0 aliphatic heterocycles. The van der Waals surface area contributed by atoms with Crippen molar-refractivity contribution >= 4 is 12.4 Å². The van der Waals surface area contributed by atoms with Gasteiger partial charge < -0.3 is 17.7 Å². The predicted octanol–water partition coefficient (Wildman–Crippen LogP) is 1.65. The summed E-state index contributed by atoms with van der Waals surface area (Å²) >= 11 is 0. The van der Waals surface area contributed by atoms with Gasteiger partial charge >= 0.3 is 58.4 Å². The van der Waals surface area contributed by atoms with Gasteiger partial charge in [0.2, 0.25) is 0 Å². The summed E-state index contributed by atoms with van der Waals surface area (Å²) in [4.78, 5) is 0. The fraction of sp³-hybridized carbons (Fsp3) is 0.600. The molecule has 1 nitrogen and oxygen atoms in total. The van der Waals surface area contributed by atoms with Gasteiger partial charge in [-0.05, 0) is 30.9 Å². The average molecular weight is 326 g/mol. The monoisotopic (exact) mass is 326 g/mol. The molecule has 0 heterocycles. The SMILES string of the molecule is CCCCC(CC)COc1ccc([B-](F)(F)F)cc1C.[K+]. The maximum Gasteiger partial charge on any atom is 1.00 e. The van der Waals surface area contributed by atoms with Gasteiger partial charge in [-0.3, -0.25) is 0 Å². The van der Waals surface area contributed by atoms with Gasteiger partial charge in [0.25, 0.3) is 0 Å². The molecule has 0 aliphatic carbocycles. The molecule has 0 aliphatic rings. The van der Waals surface area contributed by atoms with E-state index in [1.165, 1.54) is 12.1 Å². The molecule has 1 unspecified atom stereocenters. The van der Waals surface area contributed by atoms with E-state index in [0.717, 1.165) is 31.7 Å². The fourth-order valence-corrected chi connectivity index (χ4v) is 2.14. The molecule has 0 spiro atoms. The van der Waals surface area contributed by atoms with Crippen LogP contribution in [0.3, 0.4) is 0 Å². The summed E-state index contributed by atoms with van der Waals surface area (Å²) in [5, 5.41) is 0. The van der Waals surface area contributed by atoms with Crippen molar-refractivity contribution in [1.29, 1.82) is 0 Å². The van der Waals surface area contributed by atoms with Gasteiger partial charge in [-0.2, -0.15) is 0 Å². The van der Waals surface area contributed by atoms with Crippen molar-refractivity contribution in [2.24, 2.45) is 5.92 Å². The van der Waals surface area contributed by atoms with Crippen LogP contribution in [0.1, 0.15) is 45.1 Å². The standard InChI is InChI=1S/C15H23BF3O.K/c1-4-6-7-13(5-2)11-20-15-9-8-14(10-12(15)3)16(17,18)19;/h8-10,13H,4-7,11H2,1-3H3;/q-1;+1. The van der Waals surface area contributed by atoms with Gasteiger partial charge in [0.1, 0.15) is 5.75 Å². The minimum Gasteiger partial charge on any atom is -0.493 e. The first-order chi connectivity index (χ1) is 9.38. The van der Waals surface area contributed by atoms with Crippen molar-refractivity contribution in [2.75, 3.05) is 6.61 Å². The number of halogens is 3. The summed E-state index contributed by atoms with van der Waals surface area (Å²) in [6, 6.07) is 3.71. The summed E-state index contributed by atoms with van der Waals surface area (Å²) in [6.07, 6.45) is 4.45. The molecule has 0 saturated carbocycles. The Morgan fingerprint density at radius 3 is 2.33 bits per heavy atom. The molecule has 1 aromatic rings. The molecular weight excluding hydrogens is 303 g/mol. The number of aryl methyl sites for hydroxylation is 1. The van der Waals surface area contributed by atoms with E-state index in [-0.39, 0.29) is 51.4 Å². The second-order valence-electron chi connectivity index (χ2n) is 5.33. The van der Waals surface area contributed by atoms with E-state index >= 15 is 0 Å². The van der Waals surface area contributed by atoms with Crippen LogP contribution >= 0.6 is 0 Å². The topological polar surface area (TPSA) is 9.23 Å². The van der Waals surface area contributed by atoms with E-state index in [4.69, 9.17) is 4.74 Å². The molecule has 21 heavy (non-hydrogen) atoms. The largest absolute Gasteiger partial charge is 1.00 e. The van der Waals surface area contributed by atoms with Crippen LogP contribution in [-0.2, 0) is 0 Å². The zero-order valence-corrected chi connectivity index (χ0v) is 16.6. The molecule has 1 rings (SSSR count). The fourth-order valence-electron chi connectivity index (χ4n) is 2.14. The first kappa shape index (κ1) is 21.5. The summed E-state index contributed by atoms with van der Waals surface area (Å²) in [5.74, 6) is 1.03. The molecule has 114 valence electrons. The van der Waals surface area contributed by atoms with E-state index < -0.39 is 12.4 Å². The zero-order valence-electron chi connectivity index (χ0n) is 13.5. The Balaban J connectivity index is 0.00000400. The molecule has 0 bridgehead atoms. The first-order valence-electron chi connectivity index (χ1n) is 7.31. The number of ether oxygens (including phenoxy) is 1. The summed E-state index contributed by atoms with van der Waals surface area (Å²) in [5.41, 5.74) is -0.0140. The number of hydrogen-bond acceptors (Lipinski definition) is 1. The normalized spacial score (nSPS) is 12.7. The first-order valence-corrected chi connectivity index (χ1v) is 7.31. The van der Waals surface area contributed by atoms with E-state index in [1.807, 2.05) is 0 Å². The van der Waals surface area contributed by atoms with Crippen LogP contribution < -0.4 is 61.6 Å². The van der Waals surface area contributed by atoms with Crippen LogP contribution in [0.25, 0.3) is 0 Å². The summed E-state index contributed by atoms with van der Waals surface area (Å²) in [6.45, 7) is 1.57. The van der Waals surface area contributed by atoms with Crippen LogP contribution in [0, 0.1) is 12.8 Å². The van der Waals surface area contributed by atoms with Gasteiger partial charge in [0, 0.05) is 0 Å². The van der Waals surface area contributed by atoms with Crippen molar-refractivity contribution in [2.45, 2.75) is 46.5 Å². The van der Waals surface area contributed by atoms with Crippen molar-refractivity contribution in [3.8, 4) is 5.75 Å². The molecule has 0 amide bonds. The Bertz CT molecular complexity index is 424. The van der Waals surface area contributed by atoms with Crippen LogP contribution in [0.4, 0.5) is 12.9 Å². The molecule has 0 saturated heterocycles. The van der Waals surface area contributed by atoms with Crippen molar-refractivity contribution in [1.82, 2.24) is 0 Å². The summed E-state index contributed by atoms with van der Waals surface area (Å²) < 4.78 is 43.6. The Morgan fingerprint density at radius 2 is 1.86 bits per heavy atom. The Hall–Kier alpha value is 0.511. The summed E-state index contributed by atoms with van der Waals surface area (Å²) in [7, 11) is 0. The van der Waals surface area contributed by atoms with Crippen LogP contribution in [0.15, 0.2) is 18.2 Å². The van der Waals surface area contributed by atoms with Crippen molar-refractivity contribution in [3.63, 3.8) is 0 Å². The Kier molecular flexibility index (Phi) is 10.6. The molecular formula is C15H23BF3KO. The Morgan fingerprint density at radius 1 is 1.19 bits per heavy atom. The number of rotatable bonds is 8. The van der Waals surface area contributed by atoms with E-state index in [0.29, 0.717) is 23.8 Å². The number of hydrogen-bond donors (Lipinski definition) is 0. The molecule has 0 fully saturated rings. The minimum atomic E-state index is -4.93. The molecule has 0 aromatic heterocycles. The van der Waals surface area contributed by atoms with Gasteiger partial charge in [-0.15, -0.1) is 5.46 Å². The number of unbranched alkanes of at least 4 members (excludes halogenated alkanes) is 1. The van der Waals surface area contributed by atoms with Gasteiger partial charge in [0.15, 0.2) is 0 Å². The van der Waals surface area contributed by atoms with Crippen LogP contribution in [0.2, 0.25) is 0 Å². The maximum atomic E-state index is 12.6. The van der Waals surface area contributed by atoms with Gasteiger partial charge in [0.05, 0.1) is 6.61 Å². The molecule has 1 aromatic carbocycles. The third-order valence-electron chi connectivity index (χ3n) is 3.59. The third kappa shape index (κ3) is 7.55. The minimum absolute atomic E-state index is 0. The quantitative estimate of drug-likeness (QED) is 0.660. The molecule has 6 heteroatoms. The van der Waals surface area contributed by atoms with Crippen LogP contribution in [-0.4, -0.2) is 13.6 Å². The van der Waals surface area contributed by atoms with E-state index in [2.05, 4.69) is 13.8 Å². The van der Waals surface area contributed by atoms with Crippen molar-refractivity contribution in [3.05, 3.63) is 23.8 Å². The third-order valence-corrected chi connectivity index (χ3v) is 3.59. The van der Waals surface area contributed by atoms with Gasteiger partial charge in [-0.1, -0.05) is 45.2 Å². The van der Waals surface area contributed by atoms with E-state index in [1.54, 1.807) is 6.92 Å². The number of benzene rings is 1. The maximum absolute atomic E-state index is 12.6. The molecule has 0 radical (unpaired) electrons. The Labute approximate surface area is 168 Å².